The van der Waals surface area contributed by atoms with Gasteiger partial charge >= 0.3 is 11.9 Å². The molecule has 0 amide bonds. The number of hydrogen-bond acceptors (Lipinski definition) is 7. The van der Waals surface area contributed by atoms with E-state index in [1.807, 2.05) is 0 Å². The molecule has 180 valence electrons. The third-order valence-corrected chi connectivity index (χ3v) is 6.94. The van der Waals surface area contributed by atoms with Gasteiger partial charge in [0.15, 0.2) is 4.80 Å². The van der Waals surface area contributed by atoms with Crippen molar-refractivity contribution in [2.75, 3.05) is 6.61 Å². The number of esters is 2. The van der Waals surface area contributed by atoms with Gasteiger partial charge in [-0.3, -0.25) is 14.2 Å². The van der Waals surface area contributed by atoms with E-state index in [1.54, 1.807) is 62.4 Å². The number of aromatic nitrogens is 1. The molecule has 35 heavy (non-hydrogen) atoms. The highest BCUT2D eigenvalue weighted by Crippen LogP contribution is 2.31. The maximum Gasteiger partial charge on any atom is 0.338 e. The van der Waals surface area contributed by atoms with E-state index < -0.39 is 18.0 Å². The van der Waals surface area contributed by atoms with Crippen LogP contribution < -0.4 is 19.6 Å². The predicted molar refractivity (Wildman–Crippen MR) is 135 cm³/mol. The number of ether oxygens (including phenoxy) is 2. The Balaban J connectivity index is 1.90. The van der Waals surface area contributed by atoms with E-state index in [9.17, 15) is 14.4 Å². The van der Waals surface area contributed by atoms with Crippen molar-refractivity contribution in [3.63, 3.8) is 0 Å². The Morgan fingerprint density at radius 2 is 1.86 bits per heavy atom. The van der Waals surface area contributed by atoms with Gasteiger partial charge in [-0.05, 0) is 55.3 Å². The van der Waals surface area contributed by atoms with Gasteiger partial charge in [-0.25, -0.2) is 9.79 Å². The van der Waals surface area contributed by atoms with E-state index in [4.69, 9.17) is 32.7 Å². The summed E-state index contributed by atoms with van der Waals surface area (Å²) in [7, 11) is 0. The van der Waals surface area contributed by atoms with Crippen LogP contribution in [0.1, 0.15) is 37.9 Å². The Morgan fingerprint density at radius 1 is 1.14 bits per heavy atom. The van der Waals surface area contributed by atoms with Crippen molar-refractivity contribution >= 4 is 52.6 Å². The molecule has 0 fully saturated rings. The molecule has 1 aromatic heterocycles. The fourth-order valence-electron chi connectivity index (χ4n) is 3.74. The van der Waals surface area contributed by atoms with Crippen LogP contribution in [0.5, 0.6) is 5.75 Å². The Bertz CT molecular complexity index is 1540. The zero-order chi connectivity index (χ0) is 25.3. The summed E-state index contributed by atoms with van der Waals surface area (Å²) in [5.41, 5.74) is 1.75. The molecule has 0 spiro atoms. The number of carbonyl (C=O) groups is 2. The van der Waals surface area contributed by atoms with Gasteiger partial charge in [0.1, 0.15) is 5.75 Å². The van der Waals surface area contributed by atoms with E-state index in [0.29, 0.717) is 42.0 Å². The highest BCUT2D eigenvalue weighted by molar-refractivity contribution is 7.07. The van der Waals surface area contributed by atoms with Crippen molar-refractivity contribution in [3.8, 4) is 5.75 Å². The normalized spacial score (nSPS) is 15.5. The summed E-state index contributed by atoms with van der Waals surface area (Å²) in [5.74, 6) is -0.649. The summed E-state index contributed by atoms with van der Waals surface area (Å²) < 4.78 is 12.3. The lowest BCUT2D eigenvalue weighted by Gasteiger charge is -2.24. The molecule has 7 nitrogen and oxygen atoms in total. The summed E-state index contributed by atoms with van der Waals surface area (Å²) in [6.45, 7) is 4.91. The molecule has 1 aliphatic heterocycles. The zero-order valence-electron chi connectivity index (χ0n) is 19.0. The number of fused-ring (bicyclic) bond motifs is 1. The molecule has 0 aliphatic carbocycles. The number of thiazole rings is 1. The molecule has 0 radical (unpaired) electrons. The van der Waals surface area contributed by atoms with E-state index in [2.05, 4.69) is 4.99 Å². The van der Waals surface area contributed by atoms with Crippen molar-refractivity contribution in [2.45, 2.75) is 26.8 Å². The minimum Gasteiger partial charge on any atom is -0.463 e. The summed E-state index contributed by atoms with van der Waals surface area (Å²) in [6, 6.07) is 10.9. The number of carbonyl (C=O) groups excluding carboxylic acids is 2. The van der Waals surface area contributed by atoms with Gasteiger partial charge in [0.2, 0.25) is 0 Å². The highest BCUT2D eigenvalue weighted by atomic mass is 35.5. The number of allylic oxidation sites excluding steroid dienone is 1. The monoisotopic (exact) mass is 530 g/mol. The van der Waals surface area contributed by atoms with Crippen LogP contribution in [0.3, 0.4) is 0 Å². The van der Waals surface area contributed by atoms with Crippen molar-refractivity contribution in [3.05, 3.63) is 94.6 Å². The van der Waals surface area contributed by atoms with Crippen molar-refractivity contribution < 1.29 is 19.1 Å². The second-order valence-electron chi connectivity index (χ2n) is 7.64. The molecule has 0 saturated heterocycles. The molecule has 10 heteroatoms. The molecule has 1 atom stereocenters. The van der Waals surface area contributed by atoms with Crippen LogP contribution in [0.25, 0.3) is 6.08 Å². The van der Waals surface area contributed by atoms with E-state index in [1.165, 1.54) is 22.8 Å². The van der Waals surface area contributed by atoms with Crippen molar-refractivity contribution in [1.82, 2.24) is 4.57 Å². The Kier molecular flexibility index (Phi) is 7.25. The van der Waals surface area contributed by atoms with Crippen molar-refractivity contribution in [2.24, 2.45) is 4.99 Å². The van der Waals surface area contributed by atoms with E-state index in [-0.39, 0.29) is 17.7 Å². The van der Waals surface area contributed by atoms with Crippen LogP contribution in [0, 0.1) is 0 Å². The fourth-order valence-corrected chi connectivity index (χ4v) is 5.10. The molecule has 1 aliphatic rings. The molecular formula is C25H20Cl2N2O5S. The molecule has 0 N–H and O–H groups in total. The molecule has 2 aromatic carbocycles. The molecule has 0 bridgehead atoms. The Labute approximate surface area is 214 Å². The maximum absolute atomic E-state index is 13.6. The topological polar surface area (TPSA) is 87.0 Å². The first-order chi connectivity index (χ1) is 16.7. The lowest BCUT2D eigenvalue weighted by Crippen LogP contribution is -2.39. The average Bonchev–Trinajstić information content (AvgIpc) is 3.10. The summed E-state index contributed by atoms with van der Waals surface area (Å²) >= 11 is 13.3. The lowest BCUT2D eigenvalue weighted by atomic mass is 9.96. The van der Waals surface area contributed by atoms with Crippen LogP contribution in [-0.4, -0.2) is 23.1 Å². The van der Waals surface area contributed by atoms with Gasteiger partial charge in [0, 0.05) is 6.92 Å². The second kappa shape index (κ2) is 10.2. The number of nitrogens with zero attached hydrogens (tertiary/aromatic N) is 2. The minimum atomic E-state index is -0.771. The third-order valence-electron chi connectivity index (χ3n) is 5.22. The number of benzene rings is 2. The Hall–Kier alpha value is -3.20. The first kappa shape index (κ1) is 24.9. The molecule has 4 rings (SSSR count). The van der Waals surface area contributed by atoms with Crippen LogP contribution in [0.2, 0.25) is 10.0 Å². The van der Waals surface area contributed by atoms with Crippen LogP contribution in [-0.2, 0) is 14.3 Å². The zero-order valence-corrected chi connectivity index (χ0v) is 21.3. The van der Waals surface area contributed by atoms with E-state index >= 15 is 0 Å². The number of hydrogen-bond donors (Lipinski definition) is 0. The number of rotatable bonds is 5. The van der Waals surface area contributed by atoms with Gasteiger partial charge < -0.3 is 9.47 Å². The van der Waals surface area contributed by atoms with Gasteiger partial charge in [0.05, 0.1) is 38.5 Å². The molecule has 2 heterocycles. The summed E-state index contributed by atoms with van der Waals surface area (Å²) in [5, 5.41) is 0.788. The predicted octanol–water partition coefficient (Wildman–Crippen LogP) is 4.03. The third kappa shape index (κ3) is 5.10. The molecule has 0 unspecified atom stereocenters. The number of halogens is 2. The van der Waals surface area contributed by atoms with E-state index in [0.717, 1.165) is 0 Å². The average molecular weight is 531 g/mol. The first-order valence-corrected chi connectivity index (χ1v) is 12.2. The SMILES string of the molecule is CCOC(=O)C1=C(C)N=c2s/c(=C\c3ccc(Cl)c(Cl)c3)c(=O)n2[C@H]1c1ccc(OC(C)=O)cc1. The first-order valence-electron chi connectivity index (χ1n) is 10.6. The highest BCUT2D eigenvalue weighted by Gasteiger charge is 2.33. The molecule has 0 saturated carbocycles. The Morgan fingerprint density at radius 3 is 2.49 bits per heavy atom. The van der Waals surface area contributed by atoms with Gasteiger partial charge in [0.25, 0.3) is 5.56 Å². The van der Waals surface area contributed by atoms with Gasteiger partial charge in [-0.2, -0.15) is 0 Å². The fraction of sp³-hybridized carbons (Fsp3) is 0.200. The van der Waals surface area contributed by atoms with Crippen LogP contribution in [0.4, 0.5) is 0 Å². The van der Waals surface area contributed by atoms with Gasteiger partial charge in [-0.1, -0.05) is 52.7 Å². The molecular weight excluding hydrogens is 511 g/mol. The summed E-state index contributed by atoms with van der Waals surface area (Å²) in [6.07, 6.45) is 1.70. The smallest absolute Gasteiger partial charge is 0.338 e. The van der Waals surface area contributed by atoms with Crippen LogP contribution in [0.15, 0.2) is 63.5 Å². The molecule has 3 aromatic rings. The van der Waals surface area contributed by atoms with Crippen LogP contribution >= 0.6 is 34.5 Å². The second-order valence-corrected chi connectivity index (χ2v) is 9.46. The lowest BCUT2D eigenvalue weighted by molar-refractivity contribution is -0.139. The minimum absolute atomic E-state index is 0.176. The quantitative estimate of drug-likeness (QED) is 0.367. The standard InChI is InChI=1S/C25H20Cl2N2O5S/c1-4-33-24(32)21-13(2)28-25-29(22(21)16-6-8-17(9-7-16)34-14(3)30)23(31)20(35-25)12-15-5-10-18(26)19(27)11-15/h5-12,22H,4H2,1-3H3/b20-12-/t22-/m0/s1. The maximum atomic E-state index is 13.6. The van der Waals surface area contributed by atoms with Gasteiger partial charge in [-0.15, -0.1) is 0 Å². The van der Waals surface area contributed by atoms with Crippen molar-refractivity contribution in [1.29, 1.82) is 0 Å². The largest absolute Gasteiger partial charge is 0.463 e. The summed E-state index contributed by atoms with van der Waals surface area (Å²) in [4.78, 5) is 42.8.